The van der Waals surface area contributed by atoms with Crippen molar-refractivity contribution in [3.63, 3.8) is 0 Å². The number of rotatable bonds is 11. The molecule has 2 aromatic heterocycles. The Morgan fingerprint density at radius 1 is 0.730 bits per heavy atom. The highest BCUT2D eigenvalue weighted by Crippen LogP contribution is 2.30. The first-order chi connectivity index (χ1) is 17.8. The Labute approximate surface area is 235 Å². The molecule has 5 aromatic rings. The van der Waals surface area contributed by atoms with Crippen molar-refractivity contribution in [2.24, 2.45) is 7.05 Å². The van der Waals surface area contributed by atoms with Crippen molar-refractivity contribution in [3.8, 4) is 0 Å². The van der Waals surface area contributed by atoms with Gasteiger partial charge in [-0.1, -0.05) is 42.5 Å². The van der Waals surface area contributed by atoms with E-state index in [4.69, 9.17) is 14.2 Å². The van der Waals surface area contributed by atoms with Crippen LogP contribution in [0.1, 0.15) is 11.3 Å². The number of para-hydroxylation sites is 2. The zero-order valence-electron chi connectivity index (χ0n) is 21.4. The second kappa shape index (κ2) is 13.1. The first kappa shape index (κ1) is 27.3. The van der Waals surface area contributed by atoms with Crippen molar-refractivity contribution >= 4 is 44.9 Å². The number of nitrogens with zero attached hydrogens (tertiary/aromatic N) is 2. The second-order valence-electron chi connectivity index (χ2n) is 8.87. The van der Waals surface area contributed by atoms with Gasteiger partial charge in [0.2, 0.25) is 11.2 Å². The summed E-state index contributed by atoms with van der Waals surface area (Å²) in [5.74, 6) is 0. The molecule has 5 rings (SSSR count). The molecule has 37 heavy (non-hydrogen) atoms. The third-order valence-corrected chi connectivity index (χ3v) is 6.63. The summed E-state index contributed by atoms with van der Waals surface area (Å²) in [5.41, 5.74) is 6.01. The first-order valence-corrected chi connectivity index (χ1v) is 12.5. The lowest BCUT2D eigenvalue weighted by Crippen LogP contribution is -3.00. The monoisotopic (exact) mass is 608 g/mol. The van der Waals surface area contributed by atoms with E-state index < -0.39 is 0 Å². The van der Waals surface area contributed by atoms with Gasteiger partial charge in [-0.05, 0) is 35.9 Å². The average molecular weight is 609 g/mol. The quantitative estimate of drug-likeness (QED) is 0.132. The number of fused-ring (bicyclic) bond motifs is 4. The molecule has 0 saturated carbocycles. The van der Waals surface area contributed by atoms with Gasteiger partial charge in [0.25, 0.3) is 0 Å². The summed E-state index contributed by atoms with van der Waals surface area (Å²) in [4.78, 5) is 0. The van der Waals surface area contributed by atoms with E-state index in [0.29, 0.717) is 33.0 Å². The van der Waals surface area contributed by atoms with Crippen LogP contribution in [-0.2, 0) is 27.8 Å². The van der Waals surface area contributed by atoms with Crippen LogP contribution in [0.4, 0.5) is 0 Å². The molecule has 0 unspecified atom stereocenters. The fourth-order valence-electron chi connectivity index (χ4n) is 4.74. The minimum Gasteiger partial charge on any atom is -1.00 e. The van der Waals surface area contributed by atoms with Crippen LogP contribution >= 0.6 is 0 Å². The molecule has 0 bridgehead atoms. The highest BCUT2D eigenvalue weighted by atomic mass is 127. The number of hydrogen-bond donors (Lipinski definition) is 0. The van der Waals surface area contributed by atoms with Gasteiger partial charge in [-0.2, -0.15) is 4.57 Å². The number of aryl methyl sites for hydroxylation is 1. The number of methoxy groups -OCH3 is 1. The number of pyridine rings is 1. The average Bonchev–Trinajstić information content (AvgIpc) is 3.23. The fraction of sp³-hybridized carbons (Fsp3) is 0.258. The highest BCUT2D eigenvalue weighted by Gasteiger charge is 2.11. The molecule has 3 aromatic carbocycles. The number of aromatic nitrogens is 2. The van der Waals surface area contributed by atoms with Gasteiger partial charge < -0.3 is 42.8 Å². The largest absolute Gasteiger partial charge is 1.00 e. The molecule has 192 valence electrons. The van der Waals surface area contributed by atoms with Crippen LogP contribution in [0.5, 0.6) is 0 Å². The van der Waals surface area contributed by atoms with E-state index in [1.165, 1.54) is 38.3 Å². The number of halogens is 1. The maximum atomic E-state index is 5.87. The van der Waals surface area contributed by atoms with Gasteiger partial charge in [-0.25, -0.2) is 0 Å². The SMILES string of the molecule is COCCOCCOCCn1c2ccccc2c2ccc(/C=C/c3ccc4ccccc4[n+]3C)cc21.[I-]. The van der Waals surface area contributed by atoms with E-state index >= 15 is 0 Å². The Kier molecular flexibility index (Phi) is 9.68. The van der Waals surface area contributed by atoms with E-state index in [1.807, 2.05) is 0 Å². The predicted molar refractivity (Wildman–Crippen MR) is 147 cm³/mol. The van der Waals surface area contributed by atoms with Gasteiger partial charge in [-0.15, -0.1) is 0 Å². The number of hydrogen-bond acceptors (Lipinski definition) is 3. The summed E-state index contributed by atoms with van der Waals surface area (Å²) in [7, 11) is 3.79. The normalized spacial score (nSPS) is 11.6. The highest BCUT2D eigenvalue weighted by molar-refractivity contribution is 6.08. The standard InChI is InChI=1S/C31H33N2O3.HI/c1-32-26(15-13-25-7-3-5-9-29(25)32)14-11-24-12-16-28-27-8-4-6-10-30(27)33(31(28)23-24)17-18-35-21-22-36-20-19-34-2;/h3-16,23H,17-22H2,1-2H3;1H/q+1;/p-1. The molecule has 0 fully saturated rings. The van der Waals surface area contributed by atoms with Crippen LogP contribution in [-0.4, -0.2) is 44.7 Å². The third kappa shape index (κ3) is 6.21. The Morgan fingerprint density at radius 3 is 2.32 bits per heavy atom. The first-order valence-electron chi connectivity index (χ1n) is 12.5. The Bertz CT molecular complexity index is 1510. The van der Waals surface area contributed by atoms with Crippen LogP contribution in [0.2, 0.25) is 0 Å². The molecule has 0 radical (unpaired) electrons. The van der Waals surface area contributed by atoms with Crippen molar-refractivity contribution in [3.05, 3.63) is 90.1 Å². The van der Waals surface area contributed by atoms with Crippen molar-refractivity contribution in [1.82, 2.24) is 4.57 Å². The summed E-state index contributed by atoms with van der Waals surface area (Å²) < 4.78 is 21.0. The molecule has 0 atom stereocenters. The third-order valence-electron chi connectivity index (χ3n) is 6.63. The molecule has 2 heterocycles. The van der Waals surface area contributed by atoms with E-state index in [2.05, 4.69) is 107 Å². The van der Waals surface area contributed by atoms with Crippen LogP contribution in [0.15, 0.2) is 78.9 Å². The summed E-state index contributed by atoms with van der Waals surface area (Å²) >= 11 is 0. The van der Waals surface area contributed by atoms with Gasteiger partial charge in [-0.3, -0.25) is 0 Å². The molecule has 0 N–H and O–H groups in total. The van der Waals surface area contributed by atoms with Gasteiger partial charge >= 0.3 is 0 Å². The minimum atomic E-state index is 0. The minimum absolute atomic E-state index is 0. The topological polar surface area (TPSA) is 36.5 Å². The Balaban J connectivity index is 0.00000320. The fourth-order valence-corrected chi connectivity index (χ4v) is 4.74. The lowest BCUT2D eigenvalue weighted by Gasteiger charge is -2.09. The van der Waals surface area contributed by atoms with E-state index in [9.17, 15) is 0 Å². The van der Waals surface area contributed by atoms with Crippen LogP contribution in [0.3, 0.4) is 0 Å². The summed E-state index contributed by atoms with van der Waals surface area (Å²) in [6.45, 7) is 3.79. The second-order valence-corrected chi connectivity index (χ2v) is 8.87. The van der Waals surface area contributed by atoms with Gasteiger partial charge in [0, 0.05) is 59.1 Å². The zero-order valence-corrected chi connectivity index (χ0v) is 23.6. The maximum Gasteiger partial charge on any atom is 0.212 e. The van der Waals surface area contributed by atoms with Crippen LogP contribution in [0, 0.1) is 0 Å². The van der Waals surface area contributed by atoms with Crippen LogP contribution < -0.4 is 28.5 Å². The predicted octanol–water partition coefficient (Wildman–Crippen LogP) is 2.63. The molecule has 0 aliphatic heterocycles. The molecular formula is C31H33IN2O3. The Hall–Kier alpha value is -2.78. The van der Waals surface area contributed by atoms with Crippen molar-refractivity contribution in [1.29, 1.82) is 0 Å². The molecule has 0 spiro atoms. The summed E-state index contributed by atoms with van der Waals surface area (Å²) in [5, 5.41) is 3.78. The van der Waals surface area contributed by atoms with E-state index in [1.54, 1.807) is 7.11 Å². The van der Waals surface area contributed by atoms with E-state index in [0.717, 1.165) is 12.2 Å². The lowest BCUT2D eigenvalue weighted by molar-refractivity contribution is -0.646. The molecule has 0 aliphatic rings. The number of benzene rings is 3. The maximum absolute atomic E-state index is 5.87. The van der Waals surface area contributed by atoms with Crippen LogP contribution in [0.25, 0.3) is 44.9 Å². The molecule has 0 saturated heterocycles. The smallest absolute Gasteiger partial charge is 0.212 e. The van der Waals surface area contributed by atoms with Crippen molar-refractivity contribution in [2.45, 2.75) is 6.54 Å². The number of ether oxygens (including phenoxy) is 3. The van der Waals surface area contributed by atoms with Crippen molar-refractivity contribution in [2.75, 3.05) is 40.1 Å². The summed E-state index contributed by atoms with van der Waals surface area (Å²) in [6, 6.07) is 28.1. The molecule has 0 aliphatic carbocycles. The molecule has 5 nitrogen and oxygen atoms in total. The Morgan fingerprint density at radius 2 is 1.46 bits per heavy atom. The van der Waals surface area contributed by atoms with Gasteiger partial charge in [0.1, 0.15) is 7.05 Å². The molecule has 0 amide bonds. The lowest BCUT2D eigenvalue weighted by atomic mass is 10.1. The van der Waals surface area contributed by atoms with E-state index in [-0.39, 0.29) is 24.0 Å². The summed E-state index contributed by atoms with van der Waals surface area (Å²) in [6.07, 6.45) is 4.38. The van der Waals surface area contributed by atoms with Gasteiger partial charge in [0.05, 0.1) is 33.0 Å². The van der Waals surface area contributed by atoms with Crippen molar-refractivity contribution < 1.29 is 42.8 Å². The molecule has 6 heteroatoms. The molecular weight excluding hydrogens is 575 g/mol. The van der Waals surface area contributed by atoms with Gasteiger partial charge in [0.15, 0.2) is 0 Å². The zero-order chi connectivity index (χ0) is 24.7.